The minimum absolute atomic E-state index is 0.342. The molecule has 0 aromatic heterocycles. The number of carboxylic acids is 2. The summed E-state index contributed by atoms with van der Waals surface area (Å²) < 4.78 is 0. The van der Waals surface area contributed by atoms with Gasteiger partial charge in [0.15, 0.2) is 0 Å². The molecule has 0 aromatic rings. The fraction of sp³-hybridized carbons (Fsp3) is 0.875. The van der Waals surface area contributed by atoms with Crippen LogP contribution in [-0.2, 0) is 9.59 Å². The van der Waals surface area contributed by atoms with Crippen LogP contribution in [0.15, 0.2) is 24.3 Å². The molecule has 4 heteroatoms. The molecule has 0 amide bonds. The summed E-state index contributed by atoms with van der Waals surface area (Å²) in [5, 5.41) is 17.1. The first kappa shape index (κ1) is 52.5. The van der Waals surface area contributed by atoms with Crippen LogP contribution in [0.1, 0.15) is 271 Å². The number of carboxylic acid groups (broad SMARTS) is 2. The van der Waals surface area contributed by atoms with E-state index in [1.54, 1.807) is 0 Å². The number of carbonyl (C=O) groups is 2. The first-order valence-electron chi connectivity index (χ1n) is 23.3. The molecule has 0 fully saturated rings. The summed E-state index contributed by atoms with van der Waals surface area (Å²) in [5.74, 6) is -1.31. The second-order valence-electron chi connectivity index (χ2n) is 15.7. The molecule has 0 unspecified atom stereocenters. The van der Waals surface area contributed by atoms with Gasteiger partial charge in [0.1, 0.15) is 0 Å². The van der Waals surface area contributed by atoms with Gasteiger partial charge in [0.25, 0.3) is 0 Å². The van der Waals surface area contributed by atoms with Gasteiger partial charge in [-0.05, 0) is 64.2 Å². The van der Waals surface area contributed by atoms with Crippen LogP contribution in [0.4, 0.5) is 0 Å². The van der Waals surface area contributed by atoms with Crippen LogP contribution < -0.4 is 0 Å². The van der Waals surface area contributed by atoms with Gasteiger partial charge >= 0.3 is 11.9 Å². The van der Waals surface area contributed by atoms with E-state index in [2.05, 4.69) is 38.2 Å². The van der Waals surface area contributed by atoms with E-state index in [1.807, 2.05) is 0 Å². The van der Waals surface area contributed by atoms with Crippen molar-refractivity contribution in [1.82, 2.24) is 0 Å². The van der Waals surface area contributed by atoms with Crippen molar-refractivity contribution < 1.29 is 19.8 Å². The van der Waals surface area contributed by atoms with Gasteiger partial charge in [-0.25, -0.2) is 0 Å². The lowest BCUT2D eigenvalue weighted by Crippen LogP contribution is -1.93. The predicted molar refractivity (Wildman–Crippen MR) is 230 cm³/mol. The van der Waals surface area contributed by atoms with E-state index in [1.165, 1.54) is 218 Å². The summed E-state index contributed by atoms with van der Waals surface area (Å²) in [6.07, 6.45) is 60.2. The molecule has 0 bridgehead atoms. The van der Waals surface area contributed by atoms with Crippen LogP contribution in [0.2, 0.25) is 0 Å². The van der Waals surface area contributed by atoms with Crippen LogP contribution in [-0.4, -0.2) is 22.2 Å². The number of allylic oxidation sites excluding steroid dienone is 4. The molecule has 308 valence electrons. The van der Waals surface area contributed by atoms with Crippen LogP contribution in [0.3, 0.4) is 0 Å². The minimum Gasteiger partial charge on any atom is -0.481 e. The Hall–Kier alpha value is -1.58. The number of rotatable bonds is 42. The second-order valence-corrected chi connectivity index (χ2v) is 15.7. The van der Waals surface area contributed by atoms with Crippen molar-refractivity contribution in [2.24, 2.45) is 0 Å². The van der Waals surface area contributed by atoms with Crippen molar-refractivity contribution in [3.8, 4) is 0 Å². The lowest BCUT2D eigenvalue weighted by Gasteiger charge is -2.02. The molecule has 0 aliphatic carbocycles. The van der Waals surface area contributed by atoms with E-state index >= 15 is 0 Å². The van der Waals surface area contributed by atoms with Crippen LogP contribution in [0.5, 0.6) is 0 Å². The lowest BCUT2D eigenvalue weighted by molar-refractivity contribution is -0.138. The van der Waals surface area contributed by atoms with Gasteiger partial charge < -0.3 is 10.2 Å². The highest BCUT2D eigenvalue weighted by atomic mass is 16.4. The van der Waals surface area contributed by atoms with Crippen molar-refractivity contribution in [1.29, 1.82) is 0 Å². The molecule has 0 saturated carbocycles. The Morgan fingerprint density at radius 3 is 0.654 bits per heavy atom. The summed E-state index contributed by atoms with van der Waals surface area (Å²) in [5.41, 5.74) is 0. The predicted octanol–water partition coefficient (Wildman–Crippen LogP) is 16.9. The topological polar surface area (TPSA) is 74.6 Å². The summed E-state index contributed by atoms with van der Waals surface area (Å²) in [6.45, 7) is 4.55. The highest BCUT2D eigenvalue weighted by Crippen LogP contribution is 2.15. The zero-order valence-corrected chi connectivity index (χ0v) is 35.3. The molecule has 0 rings (SSSR count). The summed E-state index contributed by atoms with van der Waals surface area (Å²) in [4.78, 5) is 20.8. The Bertz CT molecular complexity index is 681. The van der Waals surface area contributed by atoms with Crippen molar-refractivity contribution in [3.63, 3.8) is 0 Å². The maximum atomic E-state index is 10.4. The van der Waals surface area contributed by atoms with Crippen LogP contribution in [0.25, 0.3) is 0 Å². The summed E-state index contributed by atoms with van der Waals surface area (Å²) in [7, 11) is 0. The van der Waals surface area contributed by atoms with Crippen LogP contribution >= 0.6 is 0 Å². The van der Waals surface area contributed by atoms with Crippen molar-refractivity contribution in [3.05, 3.63) is 24.3 Å². The third-order valence-corrected chi connectivity index (χ3v) is 10.3. The third-order valence-electron chi connectivity index (χ3n) is 10.3. The van der Waals surface area contributed by atoms with E-state index < -0.39 is 11.9 Å². The van der Waals surface area contributed by atoms with Crippen LogP contribution in [0, 0.1) is 0 Å². The normalized spacial score (nSPS) is 11.4. The molecule has 0 spiro atoms. The third kappa shape index (κ3) is 55.2. The first-order chi connectivity index (χ1) is 25.5. The Kier molecular flexibility index (Phi) is 49.9. The minimum atomic E-state index is -0.654. The molecule has 0 aliphatic rings. The van der Waals surface area contributed by atoms with Gasteiger partial charge in [0, 0.05) is 12.8 Å². The Labute approximate surface area is 325 Å². The standard InChI is InChI=1S/2C24H46O2/c2*1-2-3-4-5-6-7-8-9-10-11-12-13-14-15-16-17-18-19-20-21-22-23-24(25)26/h2*9-10H,2-8,11-23H2,1H3,(H,25,26)/b2*10-9+. The lowest BCUT2D eigenvalue weighted by atomic mass is 10.0. The monoisotopic (exact) mass is 733 g/mol. The highest BCUT2D eigenvalue weighted by molar-refractivity contribution is 5.66. The van der Waals surface area contributed by atoms with E-state index in [0.29, 0.717) is 12.8 Å². The molecular formula is C48H92O4. The fourth-order valence-electron chi connectivity index (χ4n) is 6.82. The number of hydrogen-bond donors (Lipinski definition) is 2. The second kappa shape index (κ2) is 49.4. The van der Waals surface area contributed by atoms with Gasteiger partial charge in [0.2, 0.25) is 0 Å². The van der Waals surface area contributed by atoms with E-state index in [-0.39, 0.29) is 0 Å². The number of aliphatic carboxylic acids is 2. The van der Waals surface area contributed by atoms with E-state index in [0.717, 1.165) is 25.7 Å². The Morgan fingerprint density at radius 2 is 0.462 bits per heavy atom. The molecule has 0 radical (unpaired) electrons. The zero-order valence-electron chi connectivity index (χ0n) is 35.3. The molecule has 0 aromatic carbocycles. The molecule has 0 atom stereocenters. The molecule has 4 nitrogen and oxygen atoms in total. The largest absolute Gasteiger partial charge is 0.481 e. The summed E-state index contributed by atoms with van der Waals surface area (Å²) >= 11 is 0. The average Bonchev–Trinajstić information content (AvgIpc) is 3.13. The molecular weight excluding hydrogens is 641 g/mol. The maximum Gasteiger partial charge on any atom is 0.303 e. The highest BCUT2D eigenvalue weighted by Gasteiger charge is 1.98. The van der Waals surface area contributed by atoms with E-state index in [9.17, 15) is 9.59 Å². The zero-order chi connectivity index (χ0) is 38.3. The van der Waals surface area contributed by atoms with Crippen molar-refractivity contribution in [2.75, 3.05) is 0 Å². The van der Waals surface area contributed by atoms with E-state index in [4.69, 9.17) is 10.2 Å². The fourth-order valence-corrected chi connectivity index (χ4v) is 6.82. The Morgan fingerprint density at radius 1 is 0.288 bits per heavy atom. The van der Waals surface area contributed by atoms with Crippen molar-refractivity contribution in [2.45, 2.75) is 271 Å². The van der Waals surface area contributed by atoms with Gasteiger partial charge in [0.05, 0.1) is 0 Å². The smallest absolute Gasteiger partial charge is 0.303 e. The Balaban J connectivity index is 0. The maximum absolute atomic E-state index is 10.4. The number of hydrogen-bond acceptors (Lipinski definition) is 2. The molecule has 0 saturated heterocycles. The van der Waals surface area contributed by atoms with Gasteiger partial charge in [-0.1, -0.05) is 218 Å². The molecule has 52 heavy (non-hydrogen) atoms. The molecule has 0 heterocycles. The van der Waals surface area contributed by atoms with Crippen molar-refractivity contribution >= 4 is 11.9 Å². The van der Waals surface area contributed by atoms with Gasteiger partial charge in [-0.3, -0.25) is 9.59 Å². The molecule has 2 N–H and O–H groups in total. The molecule has 0 aliphatic heterocycles. The first-order valence-corrected chi connectivity index (χ1v) is 23.3. The SMILES string of the molecule is CCCCCCCC/C=C/CCCCCCCCCCCCCC(=O)O.CCCCCCCC/C=C/CCCCCCCCCCCCCC(=O)O. The number of unbranched alkanes of at least 4 members (excludes halogenated alkanes) is 34. The van der Waals surface area contributed by atoms with Gasteiger partial charge in [-0.15, -0.1) is 0 Å². The summed E-state index contributed by atoms with van der Waals surface area (Å²) in [6, 6.07) is 0. The average molecular weight is 733 g/mol. The quantitative estimate of drug-likeness (QED) is 0.0484. The van der Waals surface area contributed by atoms with Gasteiger partial charge in [-0.2, -0.15) is 0 Å².